The molecule has 0 bridgehead atoms. The number of nitrogens with zero attached hydrogens (tertiary/aromatic N) is 1. The molecule has 0 spiro atoms. The molecule has 1 saturated heterocycles. The number of anilines is 2. The van der Waals surface area contributed by atoms with Crippen molar-refractivity contribution in [2.24, 2.45) is 0 Å². The van der Waals surface area contributed by atoms with Crippen molar-refractivity contribution in [3.8, 4) is 0 Å². The number of hydrogen-bond donors (Lipinski definition) is 2. The van der Waals surface area contributed by atoms with E-state index in [1.165, 1.54) is 4.90 Å². The van der Waals surface area contributed by atoms with Crippen molar-refractivity contribution >= 4 is 23.5 Å². The van der Waals surface area contributed by atoms with Gasteiger partial charge in [-0.25, -0.2) is 9.59 Å². The van der Waals surface area contributed by atoms with Crippen LogP contribution in [0.5, 0.6) is 0 Å². The van der Waals surface area contributed by atoms with Crippen LogP contribution in [0, 0.1) is 0 Å². The summed E-state index contributed by atoms with van der Waals surface area (Å²) in [5, 5.41) is 5.48. The van der Waals surface area contributed by atoms with Crippen molar-refractivity contribution in [1.82, 2.24) is 5.32 Å². The molecular weight excluding hydrogens is 246 g/mol. The van der Waals surface area contributed by atoms with Crippen molar-refractivity contribution in [2.75, 3.05) is 23.4 Å². The predicted molar refractivity (Wildman–Crippen MR) is 72.4 cm³/mol. The highest BCUT2D eigenvalue weighted by Gasteiger charge is 2.25. The van der Waals surface area contributed by atoms with Crippen LogP contribution >= 0.6 is 0 Å². The molecule has 0 atom stereocenters. The fraction of sp³-hybridized carbons (Fsp3) is 0.385. The molecule has 1 aliphatic heterocycles. The number of cyclic esters (lactones) is 1. The van der Waals surface area contributed by atoms with E-state index in [0.29, 0.717) is 24.5 Å². The van der Waals surface area contributed by atoms with Crippen LogP contribution in [0.3, 0.4) is 0 Å². The number of rotatable bonds is 3. The van der Waals surface area contributed by atoms with E-state index in [-0.39, 0.29) is 12.1 Å². The Morgan fingerprint density at radius 2 is 2.11 bits per heavy atom. The van der Waals surface area contributed by atoms with Gasteiger partial charge in [-0.1, -0.05) is 12.1 Å². The molecule has 3 amide bonds. The number of hydrogen-bond acceptors (Lipinski definition) is 3. The third-order valence-corrected chi connectivity index (χ3v) is 2.62. The first-order chi connectivity index (χ1) is 9.08. The van der Waals surface area contributed by atoms with Gasteiger partial charge < -0.3 is 15.4 Å². The maximum Gasteiger partial charge on any atom is 0.414 e. The number of carbonyl (C=O) groups is 2. The Balaban J connectivity index is 2.16. The summed E-state index contributed by atoms with van der Waals surface area (Å²) in [4.78, 5) is 24.8. The minimum absolute atomic E-state index is 0.0453. The number of para-hydroxylation sites is 2. The Morgan fingerprint density at radius 1 is 1.37 bits per heavy atom. The van der Waals surface area contributed by atoms with Crippen LogP contribution in [-0.4, -0.2) is 31.3 Å². The molecule has 6 heteroatoms. The number of ether oxygens (including phenoxy) is 1. The monoisotopic (exact) mass is 263 g/mol. The second-order valence-corrected chi connectivity index (χ2v) is 4.54. The van der Waals surface area contributed by atoms with Crippen molar-refractivity contribution in [3.63, 3.8) is 0 Å². The number of amides is 3. The van der Waals surface area contributed by atoms with Crippen LogP contribution in [0.4, 0.5) is 21.0 Å². The van der Waals surface area contributed by atoms with Gasteiger partial charge in [0.2, 0.25) is 0 Å². The van der Waals surface area contributed by atoms with Crippen LogP contribution in [-0.2, 0) is 4.74 Å². The highest BCUT2D eigenvalue weighted by molar-refractivity contribution is 5.99. The van der Waals surface area contributed by atoms with E-state index >= 15 is 0 Å². The summed E-state index contributed by atoms with van der Waals surface area (Å²) >= 11 is 0. The van der Waals surface area contributed by atoms with Gasteiger partial charge in [-0.15, -0.1) is 0 Å². The Kier molecular flexibility index (Phi) is 3.89. The first kappa shape index (κ1) is 13.2. The minimum atomic E-state index is -0.390. The van der Waals surface area contributed by atoms with Gasteiger partial charge in [0.25, 0.3) is 0 Å². The largest absolute Gasteiger partial charge is 0.447 e. The lowest BCUT2D eigenvalue weighted by Gasteiger charge is -2.18. The van der Waals surface area contributed by atoms with Crippen LogP contribution in [0.1, 0.15) is 13.8 Å². The zero-order valence-corrected chi connectivity index (χ0v) is 11.0. The molecule has 1 aromatic rings. The molecule has 0 aromatic heterocycles. The molecule has 102 valence electrons. The zero-order valence-electron chi connectivity index (χ0n) is 11.0. The van der Waals surface area contributed by atoms with Gasteiger partial charge in [0.05, 0.1) is 17.9 Å². The van der Waals surface area contributed by atoms with E-state index in [4.69, 9.17) is 4.74 Å². The van der Waals surface area contributed by atoms with Gasteiger partial charge in [0.15, 0.2) is 0 Å². The molecule has 1 aromatic carbocycles. The average Bonchev–Trinajstić information content (AvgIpc) is 2.75. The second kappa shape index (κ2) is 5.60. The molecule has 0 unspecified atom stereocenters. The van der Waals surface area contributed by atoms with Gasteiger partial charge in [-0.05, 0) is 26.0 Å². The Labute approximate surface area is 111 Å². The topological polar surface area (TPSA) is 70.7 Å². The van der Waals surface area contributed by atoms with E-state index in [1.807, 2.05) is 19.9 Å². The molecule has 19 heavy (non-hydrogen) atoms. The van der Waals surface area contributed by atoms with E-state index < -0.39 is 6.09 Å². The van der Waals surface area contributed by atoms with Crippen LogP contribution in [0.15, 0.2) is 24.3 Å². The summed E-state index contributed by atoms with van der Waals surface area (Å²) in [6, 6.07) is 6.89. The van der Waals surface area contributed by atoms with Gasteiger partial charge in [0.1, 0.15) is 6.61 Å². The smallest absolute Gasteiger partial charge is 0.414 e. The number of nitrogens with one attached hydrogen (secondary N) is 2. The molecular formula is C13H17N3O3. The van der Waals surface area contributed by atoms with Crippen molar-refractivity contribution in [2.45, 2.75) is 19.9 Å². The summed E-state index contributed by atoms with van der Waals surface area (Å²) < 4.78 is 4.90. The van der Waals surface area contributed by atoms with Gasteiger partial charge in [0, 0.05) is 6.04 Å². The molecule has 1 fully saturated rings. The maximum absolute atomic E-state index is 11.7. The molecule has 2 rings (SSSR count). The summed E-state index contributed by atoms with van der Waals surface area (Å²) in [6.07, 6.45) is -0.390. The lowest BCUT2D eigenvalue weighted by atomic mass is 10.2. The minimum Gasteiger partial charge on any atom is -0.447 e. The molecule has 1 aliphatic rings. The second-order valence-electron chi connectivity index (χ2n) is 4.54. The standard InChI is InChI=1S/C13H17N3O3/c1-9(2)14-12(17)15-10-5-3-4-6-11(10)16-7-8-19-13(16)18/h3-6,9H,7-8H2,1-2H3,(H2,14,15,17). The zero-order chi connectivity index (χ0) is 13.8. The molecule has 0 saturated carbocycles. The van der Waals surface area contributed by atoms with Crippen LogP contribution in [0.25, 0.3) is 0 Å². The maximum atomic E-state index is 11.7. The van der Waals surface area contributed by atoms with Crippen LogP contribution in [0.2, 0.25) is 0 Å². The first-order valence-electron chi connectivity index (χ1n) is 6.19. The fourth-order valence-electron chi connectivity index (χ4n) is 1.85. The van der Waals surface area contributed by atoms with Crippen LogP contribution < -0.4 is 15.5 Å². The van der Waals surface area contributed by atoms with Crippen molar-refractivity contribution in [3.05, 3.63) is 24.3 Å². The third-order valence-electron chi connectivity index (χ3n) is 2.62. The molecule has 1 heterocycles. The highest BCUT2D eigenvalue weighted by Crippen LogP contribution is 2.27. The molecule has 0 radical (unpaired) electrons. The first-order valence-corrected chi connectivity index (χ1v) is 6.19. The van der Waals surface area contributed by atoms with Gasteiger partial charge in [-0.3, -0.25) is 4.90 Å². The summed E-state index contributed by atoms with van der Waals surface area (Å²) in [6.45, 7) is 4.61. The highest BCUT2D eigenvalue weighted by atomic mass is 16.6. The van der Waals surface area contributed by atoms with E-state index in [0.717, 1.165) is 0 Å². The fourth-order valence-corrected chi connectivity index (χ4v) is 1.85. The van der Waals surface area contributed by atoms with E-state index in [1.54, 1.807) is 18.2 Å². The summed E-state index contributed by atoms with van der Waals surface area (Å²) in [5.41, 5.74) is 1.23. The number of carbonyl (C=O) groups excluding carboxylic acids is 2. The Bertz CT molecular complexity index is 488. The normalized spacial score (nSPS) is 14.5. The molecule has 6 nitrogen and oxygen atoms in total. The summed E-state index contributed by atoms with van der Waals surface area (Å²) in [7, 11) is 0. The lowest BCUT2D eigenvalue weighted by Crippen LogP contribution is -2.35. The SMILES string of the molecule is CC(C)NC(=O)Nc1ccccc1N1CCOC1=O. The number of benzene rings is 1. The van der Waals surface area contributed by atoms with Crippen molar-refractivity contribution in [1.29, 1.82) is 0 Å². The quantitative estimate of drug-likeness (QED) is 0.878. The van der Waals surface area contributed by atoms with E-state index in [2.05, 4.69) is 10.6 Å². The number of urea groups is 1. The molecule has 0 aliphatic carbocycles. The Hall–Kier alpha value is -2.24. The lowest BCUT2D eigenvalue weighted by molar-refractivity contribution is 0.181. The molecule has 2 N–H and O–H groups in total. The third kappa shape index (κ3) is 3.15. The van der Waals surface area contributed by atoms with Gasteiger partial charge in [-0.2, -0.15) is 0 Å². The average molecular weight is 263 g/mol. The van der Waals surface area contributed by atoms with Crippen molar-refractivity contribution < 1.29 is 14.3 Å². The Morgan fingerprint density at radius 3 is 2.74 bits per heavy atom. The predicted octanol–water partition coefficient (Wildman–Crippen LogP) is 2.17. The van der Waals surface area contributed by atoms with Gasteiger partial charge >= 0.3 is 12.1 Å². The van der Waals surface area contributed by atoms with E-state index in [9.17, 15) is 9.59 Å². The summed E-state index contributed by atoms with van der Waals surface area (Å²) in [5.74, 6) is 0.